The van der Waals surface area contributed by atoms with Crippen molar-refractivity contribution < 1.29 is 13.2 Å². The molecule has 0 aromatic heterocycles. The van der Waals surface area contributed by atoms with Gasteiger partial charge >= 0.3 is 0 Å². The summed E-state index contributed by atoms with van der Waals surface area (Å²) in [7, 11) is 1.79. The van der Waals surface area contributed by atoms with Crippen LogP contribution in [0.5, 0.6) is 5.75 Å². The normalized spacial score (nSPS) is 11.6. The lowest BCUT2D eigenvalue weighted by molar-refractivity contribution is 0.305. The van der Waals surface area contributed by atoms with Gasteiger partial charge in [0.05, 0.1) is 12.4 Å². The summed E-state index contributed by atoms with van der Waals surface area (Å²) in [5, 5.41) is 0.777. The maximum absolute atomic E-state index is 10.7. The summed E-state index contributed by atoms with van der Waals surface area (Å²) in [5.74, 6) is 0.873. The Hall–Kier alpha value is -0.450. The van der Waals surface area contributed by atoms with E-state index in [-0.39, 0.29) is 5.75 Å². The molecule has 0 atom stereocenters. The molecule has 0 aliphatic carbocycles. The topological polar surface area (TPSA) is 43.4 Å². The first-order chi connectivity index (χ1) is 9.29. The van der Waals surface area contributed by atoms with Crippen LogP contribution < -0.4 is 4.74 Å². The minimum absolute atomic E-state index is 0.0466. The van der Waals surface area contributed by atoms with Gasteiger partial charge in [-0.1, -0.05) is 24.4 Å². The van der Waals surface area contributed by atoms with Gasteiger partial charge < -0.3 is 4.74 Å². The van der Waals surface area contributed by atoms with Gasteiger partial charge in [-0.25, -0.2) is 8.42 Å². The van der Waals surface area contributed by atoms with Crippen molar-refractivity contribution >= 4 is 31.3 Å². The minimum atomic E-state index is -3.35. The molecule has 0 unspecified atom stereocenters. The van der Waals surface area contributed by atoms with Crippen molar-refractivity contribution in [3.8, 4) is 5.75 Å². The molecule has 1 aromatic carbocycles. The Bertz CT molecular complexity index is 518. The Morgan fingerprint density at radius 1 is 1.05 bits per heavy atom. The van der Waals surface area contributed by atoms with E-state index in [1.165, 1.54) is 0 Å². The van der Waals surface area contributed by atoms with E-state index < -0.39 is 9.05 Å². The van der Waals surface area contributed by atoms with Crippen LogP contribution in [0.2, 0.25) is 5.02 Å². The highest BCUT2D eigenvalue weighted by molar-refractivity contribution is 8.13. The van der Waals surface area contributed by atoms with Crippen molar-refractivity contribution in [2.45, 2.75) is 39.5 Å². The molecule has 3 nitrogen and oxygen atoms in total. The van der Waals surface area contributed by atoms with Gasteiger partial charge in [0.1, 0.15) is 5.75 Å². The Labute approximate surface area is 130 Å². The summed E-state index contributed by atoms with van der Waals surface area (Å²) < 4.78 is 27.1. The molecule has 0 N–H and O–H groups in total. The lowest BCUT2D eigenvalue weighted by atomic mass is 10.1. The van der Waals surface area contributed by atoms with Crippen LogP contribution in [-0.2, 0) is 9.05 Å². The van der Waals surface area contributed by atoms with Gasteiger partial charge in [0.25, 0.3) is 0 Å². The molecule has 0 saturated carbocycles. The lowest BCUT2D eigenvalue weighted by Gasteiger charge is -2.09. The zero-order chi connectivity index (χ0) is 15.2. The molecule has 0 radical (unpaired) electrons. The first-order valence-corrected chi connectivity index (χ1v) is 9.47. The Morgan fingerprint density at radius 3 is 2.15 bits per heavy atom. The number of halogens is 2. The molecule has 20 heavy (non-hydrogen) atoms. The number of aryl methyl sites for hydroxylation is 2. The summed E-state index contributed by atoms with van der Waals surface area (Å²) in [4.78, 5) is 0. The molecule has 114 valence electrons. The third kappa shape index (κ3) is 6.82. The molecular weight excluding hydrogens is 319 g/mol. The fourth-order valence-electron chi connectivity index (χ4n) is 1.91. The smallest absolute Gasteiger partial charge is 0.232 e. The quantitative estimate of drug-likeness (QED) is 0.519. The second-order valence-electron chi connectivity index (χ2n) is 4.88. The maximum Gasteiger partial charge on any atom is 0.232 e. The van der Waals surface area contributed by atoms with Crippen LogP contribution in [0.15, 0.2) is 12.1 Å². The van der Waals surface area contributed by atoms with Gasteiger partial charge in [-0.2, -0.15) is 0 Å². The molecule has 0 amide bonds. The van der Waals surface area contributed by atoms with Crippen LogP contribution in [-0.4, -0.2) is 20.8 Å². The van der Waals surface area contributed by atoms with Crippen LogP contribution in [0.25, 0.3) is 0 Å². The van der Waals surface area contributed by atoms with Gasteiger partial charge in [0.15, 0.2) is 0 Å². The highest BCUT2D eigenvalue weighted by Crippen LogP contribution is 2.25. The molecule has 6 heteroatoms. The molecule has 0 spiro atoms. The molecule has 0 saturated heterocycles. The molecule has 0 bridgehead atoms. The lowest BCUT2D eigenvalue weighted by Crippen LogP contribution is -2.00. The highest BCUT2D eigenvalue weighted by Gasteiger charge is 2.05. The summed E-state index contributed by atoms with van der Waals surface area (Å²) >= 11 is 6.09. The van der Waals surface area contributed by atoms with Gasteiger partial charge in [0, 0.05) is 15.7 Å². The number of benzene rings is 1. The average Bonchev–Trinajstić information content (AvgIpc) is 2.33. The van der Waals surface area contributed by atoms with Crippen molar-refractivity contribution in [2.75, 3.05) is 12.4 Å². The largest absolute Gasteiger partial charge is 0.494 e. The van der Waals surface area contributed by atoms with E-state index in [1.807, 2.05) is 26.0 Å². The van der Waals surface area contributed by atoms with Gasteiger partial charge in [-0.05, 0) is 49.9 Å². The number of unbranched alkanes of at least 4 members (excludes halogenated alkanes) is 3. The number of hydrogen-bond acceptors (Lipinski definition) is 3. The summed E-state index contributed by atoms with van der Waals surface area (Å²) in [5.41, 5.74) is 2.02. The van der Waals surface area contributed by atoms with Crippen LogP contribution in [0, 0.1) is 13.8 Å². The van der Waals surface area contributed by atoms with Crippen molar-refractivity contribution in [3.05, 3.63) is 28.3 Å². The Kier molecular flexibility index (Phi) is 7.13. The molecule has 0 heterocycles. The fourth-order valence-corrected chi connectivity index (χ4v) is 2.89. The molecule has 0 aliphatic rings. The van der Waals surface area contributed by atoms with Crippen molar-refractivity contribution in [3.63, 3.8) is 0 Å². The number of ether oxygens (including phenoxy) is 1. The van der Waals surface area contributed by atoms with E-state index in [0.717, 1.165) is 41.2 Å². The molecule has 1 aromatic rings. The van der Waals surface area contributed by atoms with Gasteiger partial charge in [-0.15, -0.1) is 0 Å². The van der Waals surface area contributed by atoms with Gasteiger partial charge in [0.2, 0.25) is 9.05 Å². The second-order valence-corrected chi connectivity index (χ2v) is 8.15. The predicted molar refractivity (Wildman–Crippen MR) is 84.5 cm³/mol. The Morgan fingerprint density at radius 2 is 1.60 bits per heavy atom. The number of hydrogen-bond donors (Lipinski definition) is 0. The van der Waals surface area contributed by atoms with E-state index in [4.69, 9.17) is 27.0 Å². The second kappa shape index (κ2) is 8.11. The molecule has 1 rings (SSSR count). The summed E-state index contributed by atoms with van der Waals surface area (Å²) in [6.45, 7) is 4.53. The zero-order valence-electron chi connectivity index (χ0n) is 11.8. The maximum atomic E-state index is 10.7. The van der Waals surface area contributed by atoms with Crippen LogP contribution in [0.4, 0.5) is 0 Å². The van der Waals surface area contributed by atoms with E-state index in [0.29, 0.717) is 13.0 Å². The summed E-state index contributed by atoms with van der Waals surface area (Å²) in [6.07, 6.45) is 3.26. The average molecular weight is 339 g/mol. The van der Waals surface area contributed by atoms with E-state index in [9.17, 15) is 8.42 Å². The van der Waals surface area contributed by atoms with Crippen LogP contribution in [0.1, 0.15) is 36.8 Å². The monoisotopic (exact) mass is 338 g/mol. The first kappa shape index (κ1) is 17.6. The van der Waals surface area contributed by atoms with Crippen LogP contribution in [0.3, 0.4) is 0 Å². The minimum Gasteiger partial charge on any atom is -0.494 e. The Balaban J connectivity index is 2.22. The van der Waals surface area contributed by atoms with Crippen molar-refractivity contribution in [1.29, 1.82) is 0 Å². The van der Waals surface area contributed by atoms with E-state index in [1.54, 1.807) is 0 Å². The molecule has 0 aliphatic heterocycles. The summed E-state index contributed by atoms with van der Waals surface area (Å²) in [6, 6.07) is 3.85. The molecular formula is C14H20Cl2O3S. The third-order valence-corrected chi connectivity index (χ3v) is 4.80. The predicted octanol–water partition coefficient (Wildman–Crippen LogP) is 4.46. The van der Waals surface area contributed by atoms with Crippen LogP contribution >= 0.6 is 22.3 Å². The first-order valence-electron chi connectivity index (χ1n) is 6.61. The van der Waals surface area contributed by atoms with Crippen molar-refractivity contribution in [2.24, 2.45) is 0 Å². The SMILES string of the molecule is Cc1cc(OCCCCCCS(=O)(=O)Cl)cc(C)c1Cl. The third-order valence-electron chi connectivity index (χ3n) is 2.96. The highest BCUT2D eigenvalue weighted by atomic mass is 35.7. The van der Waals surface area contributed by atoms with E-state index in [2.05, 4.69) is 0 Å². The molecule has 0 fully saturated rings. The fraction of sp³-hybridized carbons (Fsp3) is 0.571. The number of rotatable bonds is 8. The van der Waals surface area contributed by atoms with E-state index >= 15 is 0 Å². The zero-order valence-corrected chi connectivity index (χ0v) is 14.1. The standard InChI is InChI=1S/C14H20Cl2O3S/c1-11-9-13(10-12(2)14(11)15)19-7-5-3-4-6-8-20(16,17)18/h9-10H,3-8H2,1-2H3. The van der Waals surface area contributed by atoms with Crippen molar-refractivity contribution in [1.82, 2.24) is 0 Å². The van der Waals surface area contributed by atoms with Gasteiger partial charge in [-0.3, -0.25) is 0 Å².